The van der Waals surface area contributed by atoms with Gasteiger partial charge in [-0.3, -0.25) is 4.79 Å². The van der Waals surface area contributed by atoms with E-state index in [2.05, 4.69) is 0 Å². The highest BCUT2D eigenvalue weighted by atomic mass is 35.5. The first-order valence-electron chi connectivity index (χ1n) is 9.08. The van der Waals surface area contributed by atoms with Gasteiger partial charge in [-0.1, -0.05) is 11.6 Å². The molecule has 0 aromatic heterocycles. The highest BCUT2D eigenvalue weighted by molar-refractivity contribution is 7.99. The Bertz CT molecular complexity index is 733. The molecule has 0 radical (unpaired) electrons. The quantitative estimate of drug-likeness (QED) is 0.443. The van der Waals surface area contributed by atoms with Gasteiger partial charge in [0.05, 0.1) is 18.6 Å². The van der Waals surface area contributed by atoms with Crippen molar-refractivity contribution in [3.05, 3.63) is 53.6 Å². The standard InChI is InChI=1S/C21H23ClO4S/c1-2-24-21(23)15-11-12-25-19(13-15)14-27-20-9-7-18(8-10-20)26-17-5-3-16(22)4-6-17/h3-10,15,19H,2,11-14H2,1H3. The minimum atomic E-state index is -0.0977. The fourth-order valence-corrected chi connectivity index (χ4v) is 3.97. The first kappa shape index (κ1) is 20.1. The van der Waals surface area contributed by atoms with E-state index in [9.17, 15) is 4.79 Å². The van der Waals surface area contributed by atoms with Crippen LogP contribution < -0.4 is 4.74 Å². The lowest BCUT2D eigenvalue weighted by Crippen LogP contribution is -2.32. The second-order valence-electron chi connectivity index (χ2n) is 6.30. The third-order valence-corrected chi connectivity index (χ3v) is 5.69. The van der Waals surface area contributed by atoms with Crippen LogP contribution >= 0.6 is 23.4 Å². The van der Waals surface area contributed by atoms with Gasteiger partial charge < -0.3 is 14.2 Å². The number of ether oxygens (including phenoxy) is 3. The molecule has 3 rings (SSSR count). The molecule has 4 nitrogen and oxygen atoms in total. The first-order valence-corrected chi connectivity index (χ1v) is 10.4. The Kier molecular flexibility index (Phi) is 7.44. The molecule has 2 atom stereocenters. The van der Waals surface area contributed by atoms with Crippen molar-refractivity contribution in [2.45, 2.75) is 30.8 Å². The van der Waals surface area contributed by atoms with Gasteiger partial charge in [0.2, 0.25) is 0 Å². The number of hydrogen-bond donors (Lipinski definition) is 0. The van der Waals surface area contributed by atoms with Gasteiger partial charge in [0, 0.05) is 22.3 Å². The fraction of sp³-hybridized carbons (Fsp3) is 0.381. The van der Waals surface area contributed by atoms with Crippen LogP contribution in [0.1, 0.15) is 19.8 Å². The molecule has 1 heterocycles. The average molecular weight is 407 g/mol. The predicted molar refractivity (Wildman–Crippen MR) is 108 cm³/mol. The lowest BCUT2D eigenvalue weighted by molar-refractivity contribution is -0.152. The van der Waals surface area contributed by atoms with Crippen LogP contribution in [0.3, 0.4) is 0 Å². The van der Waals surface area contributed by atoms with E-state index in [4.69, 9.17) is 25.8 Å². The Balaban J connectivity index is 1.48. The molecule has 1 aliphatic heterocycles. The number of thioether (sulfide) groups is 1. The van der Waals surface area contributed by atoms with E-state index < -0.39 is 0 Å². The first-order chi connectivity index (χ1) is 13.1. The Morgan fingerprint density at radius 2 is 1.81 bits per heavy atom. The number of hydrogen-bond acceptors (Lipinski definition) is 5. The molecular formula is C21H23ClO4S. The maximum absolute atomic E-state index is 11.9. The summed E-state index contributed by atoms with van der Waals surface area (Å²) in [5.74, 6) is 2.20. The molecule has 144 valence electrons. The summed E-state index contributed by atoms with van der Waals surface area (Å²) in [7, 11) is 0. The van der Waals surface area contributed by atoms with Gasteiger partial charge in [0.1, 0.15) is 11.5 Å². The van der Waals surface area contributed by atoms with Gasteiger partial charge in [-0.05, 0) is 68.3 Å². The normalized spacial score (nSPS) is 19.5. The third kappa shape index (κ3) is 6.16. The smallest absolute Gasteiger partial charge is 0.309 e. The molecule has 0 amide bonds. The maximum Gasteiger partial charge on any atom is 0.309 e. The molecule has 2 aromatic carbocycles. The van der Waals surface area contributed by atoms with E-state index in [1.165, 1.54) is 0 Å². The second kappa shape index (κ2) is 10.0. The van der Waals surface area contributed by atoms with E-state index in [1.54, 1.807) is 23.9 Å². The third-order valence-electron chi connectivity index (χ3n) is 4.30. The Morgan fingerprint density at radius 1 is 1.15 bits per heavy atom. The maximum atomic E-state index is 11.9. The van der Waals surface area contributed by atoms with Crippen molar-refractivity contribution in [1.29, 1.82) is 0 Å². The van der Waals surface area contributed by atoms with Gasteiger partial charge in [-0.15, -0.1) is 11.8 Å². The largest absolute Gasteiger partial charge is 0.466 e. The van der Waals surface area contributed by atoms with Crippen LogP contribution in [0.2, 0.25) is 5.02 Å². The van der Waals surface area contributed by atoms with Crippen LogP contribution in [0, 0.1) is 5.92 Å². The summed E-state index contributed by atoms with van der Waals surface area (Å²) in [5.41, 5.74) is 0. The molecule has 2 unspecified atom stereocenters. The van der Waals surface area contributed by atoms with Crippen molar-refractivity contribution >= 4 is 29.3 Å². The van der Waals surface area contributed by atoms with Crippen molar-refractivity contribution in [3.63, 3.8) is 0 Å². The number of rotatable bonds is 7. The number of halogens is 1. The van der Waals surface area contributed by atoms with Crippen molar-refractivity contribution in [2.24, 2.45) is 5.92 Å². The Labute approximate surface area is 169 Å². The Morgan fingerprint density at radius 3 is 2.48 bits per heavy atom. The highest BCUT2D eigenvalue weighted by Crippen LogP contribution is 2.29. The SMILES string of the molecule is CCOC(=O)C1CCOC(CSc2ccc(Oc3ccc(Cl)cc3)cc2)C1. The molecule has 6 heteroatoms. The molecule has 1 aliphatic rings. The van der Waals surface area contributed by atoms with Gasteiger partial charge in [-0.2, -0.15) is 0 Å². The van der Waals surface area contributed by atoms with Crippen LogP contribution in [0.4, 0.5) is 0 Å². The zero-order valence-corrected chi connectivity index (χ0v) is 16.8. The Hall–Kier alpha value is -1.69. The summed E-state index contributed by atoms with van der Waals surface area (Å²) in [6, 6.07) is 15.2. The molecule has 0 bridgehead atoms. The van der Waals surface area contributed by atoms with E-state index in [-0.39, 0.29) is 18.0 Å². The van der Waals surface area contributed by atoms with Crippen molar-refractivity contribution in [1.82, 2.24) is 0 Å². The lowest BCUT2D eigenvalue weighted by atomic mass is 9.96. The number of benzene rings is 2. The topological polar surface area (TPSA) is 44.8 Å². The van der Waals surface area contributed by atoms with Crippen molar-refractivity contribution < 1.29 is 19.0 Å². The highest BCUT2D eigenvalue weighted by Gasteiger charge is 2.28. The molecular weight excluding hydrogens is 384 g/mol. The van der Waals surface area contributed by atoms with Gasteiger partial charge in [-0.25, -0.2) is 0 Å². The van der Waals surface area contributed by atoms with E-state index in [0.29, 0.717) is 18.2 Å². The molecule has 0 spiro atoms. The summed E-state index contributed by atoms with van der Waals surface area (Å²) in [6.45, 7) is 2.88. The predicted octanol–water partition coefficient (Wildman–Crippen LogP) is 5.58. The monoisotopic (exact) mass is 406 g/mol. The number of carbonyl (C=O) groups is 1. The van der Waals surface area contributed by atoms with Crippen molar-refractivity contribution in [2.75, 3.05) is 19.0 Å². The van der Waals surface area contributed by atoms with Crippen LogP contribution in [0.5, 0.6) is 11.5 Å². The summed E-state index contributed by atoms with van der Waals surface area (Å²) in [4.78, 5) is 13.1. The molecule has 1 saturated heterocycles. The molecule has 1 fully saturated rings. The lowest BCUT2D eigenvalue weighted by Gasteiger charge is -2.28. The van der Waals surface area contributed by atoms with Gasteiger partial charge in [0.15, 0.2) is 0 Å². The van der Waals surface area contributed by atoms with Gasteiger partial charge in [0.25, 0.3) is 0 Å². The zero-order chi connectivity index (χ0) is 19.1. The molecule has 27 heavy (non-hydrogen) atoms. The van der Waals surface area contributed by atoms with E-state index in [1.807, 2.05) is 43.3 Å². The summed E-state index contributed by atoms with van der Waals surface area (Å²) in [6.07, 6.45) is 1.54. The van der Waals surface area contributed by atoms with Crippen LogP contribution in [0.15, 0.2) is 53.4 Å². The number of esters is 1. The summed E-state index contributed by atoms with van der Waals surface area (Å²) >= 11 is 7.60. The van der Waals surface area contributed by atoms with Crippen LogP contribution in [-0.2, 0) is 14.3 Å². The van der Waals surface area contributed by atoms with Crippen LogP contribution in [0.25, 0.3) is 0 Å². The molecule has 0 saturated carbocycles. The summed E-state index contributed by atoms with van der Waals surface area (Å²) < 4.78 is 16.7. The number of carbonyl (C=O) groups excluding carboxylic acids is 1. The zero-order valence-electron chi connectivity index (χ0n) is 15.2. The fourth-order valence-electron chi connectivity index (χ4n) is 2.90. The van der Waals surface area contributed by atoms with E-state index in [0.717, 1.165) is 35.0 Å². The average Bonchev–Trinajstić information content (AvgIpc) is 2.70. The van der Waals surface area contributed by atoms with E-state index >= 15 is 0 Å². The minimum Gasteiger partial charge on any atom is -0.466 e. The minimum absolute atomic E-state index is 0.0422. The van der Waals surface area contributed by atoms with Gasteiger partial charge >= 0.3 is 5.97 Å². The molecule has 0 aliphatic carbocycles. The van der Waals surface area contributed by atoms with Crippen molar-refractivity contribution in [3.8, 4) is 11.5 Å². The molecule has 2 aromatic rings. The summed E-state index contributed by atoms with van der Waals surface area (Å²) in [5, 5.41) is 0.684. The second-order valence-corrected chi connectivity index (χ2v) is 7.83. The molecule has 0 N–H and O–H groups in total. The van der Waals surface area contributed by atoms with Crippen LogP contribution in [-0.4, -0.2) is 31.0 Å².